The number of likely N-dealkylation sites (N-methyl/N-ethyl adjacent to an activating group) is 1. The molecule has 0 N–H and O–H groups in total. The van der Waals surface area contributed by atoms with Crippen LogP contribution >= 0.6 is 0 Å². The quantitative estimate of drug-likeness (QED) is 0.727. The normalized spacial score (nSPS) is 11.2. The molecule has 0 aliphatic rings. The second kappa shape index (κ2) is 8.65. The van der Waals surface area contributed by atoms with Crippen LogP contribution in [-0.2, 0) is 4.79 Å². The number of carbonyl (C=O) groups excluding carboxylic acids is 2. The summed E-state index contributed by atoms with van der Waals surface area (Å²) in [5.74, 6) is 0.417. The van der Waals surface area contributed by atoms with Crippen LogP contribution in [0.1, 0.15) is 41.4 Å². The molecule has 0 fully saturated rings. The molecule has 0 aliphatic carbocycles. The van der Waals surface area contributed by atoms with Gasteiger partial charge in [-0.2, -0.15) is 5.26 Å². The zero-order valence-corrected chi connectivity index (χ0v) is 14.3. The lowest BCUT2D eigenvalue weighted by Crippen LogP contribution is -2.36. The molecule has 1 atom stereocenters. The van der Waals surface area contributed by atoms with Crippen molar-refractivity contribution in [3.63, 3.8) is 0 Å². The Labute approximate surface area is 147 Å². The largest absolute Gasteiger partial charge is 0.484 e. The molecule has 25 heavy (non-hydrogen) atoms. The van der Waals surface area contributed by atoms with Crippen LogP contribution in [0, 0.1) is 11.3 Å². The fourth-order valence-electron chi connectivity index (χ4n) is 2.55. The van der Waals surface area contributed by atoms with E-state index in [0.717, 1.165) is 11.8 Å². The van der Waals surface area contributed by atoms with Crippen molar-refractivity contribution in [2.75, 3.05) is 13.2 Å². The summed E-state index contributed by atoms with van der Waals surface area (Å²) in [6.45, 7) is 4.33. The second-order valence-corrected chi connectivity index (χ2v) is 5.57. The van der Waals surface area contributed by atoms with Crippen molar-refractivity contribution in [1.29, 1.82) is 5.26 Å². The number of carbonyl (C=O) groups is 2. The number of hydrogen-bond acceptors (Lipinski definition) is 4. The minimum Gasteiger partial charge on any atom is -0.484 e. The van der Waals surface area contributed by atoms with Crippen LogP contribution < -0.4 is 4.74 Å². The van der Waals surface area contributed by atoms with E-state index in [0.29, 0.717) is 23.4 Å². The predicted molar refractivity (Wildman–Crippen MR) is 94.3 cm³/mol. The second-order valence-electron chi connectivity index (χ2n) is 5.57. The van der Waals surface area contributed by atoms with Gasteiger partial charge in [0.05, 0.1) is 17.7 Å². The fraction of sp³-hybridized carbons (Fsp3) is 0.250. The van der Waals surface area contributed by atoms with E-state index in [4.69, 9.17) is 10.00 Å². The van der Waals surface area contributed by atoms with E-state index in [2.05, 4.69) is 6.07 Å². The van der Waals surface area contributed by atoms with Gasteiger partial charge >= 0.3 is 0 Å². The third kappa shape index (κ3) is 4.67. The Kier molecular flexibility index (Phi) is 6.30. The van der Waals surface area contributed by atoms with E-state index in [1.54, 1.807) is 41.3 Å². The van der Waals surface area contributed by atoms with Gasteiger partial charge in [-0.15, -0.1) is 0 Å². The summed E-state index contributed by atoms with van der Waals surface area (Å²) < 4.78 is 5.52. The maximum Gasteiger partial charge on any atom is 0.260 e. The number of ether oxygens (including phenoxy) is 1. The van der Waals surface area contributed by atoms with Gasteiger partial charge < -0.3 is 9.64 Å². The van der Waals surface area contributed by atoms with Crippen LogP contribution in [0.2, 0.25) is 0 Å². The highest BCUT2D eigenvalue weighted by molar-refractivity contribution is 5.78. The summed E-state index contributed by atoms with van der Waals surface area (Å²) in [5.41, 5.74) is 2.11. The van der Waals surface area contributed by atoms with Crippen LogP contribution in [-0.4, -0.2) is 30.2 Å². The first-order chi connectivity index (χ1) is 12.1. The minimum absolute atomic E-state index is 0.0745. The van der Waals surface area contributed by atoms with Crippen molar-refractivity contribution in [3.05, 3.63) is 65.2 Å². The van der Waals surface area contributed by atoms with Gasteiger partial charge in [0.2, 0.25) is 0 Å². The highest BCUT2D eigenvalue weighted by Gasteiger charge is 2.20. The Morgan fingerprint density at radius 3 is 2.36 bits per heavy atom. The smallest absolute Gasteiger partial charge is 0.260 e. The number of aldehydes is 1. The zero-order valence-electron chi connectivity index (χ0n) is 14.3. The molecule has 0 aromatic heterocycles. The monoisotopic (exact) mass is 336 g/mol. The molecule has 1 unspecified atom stereocenters. The maximum absolute atomic E-state index is 12.5. The standard InChI is InChI=1S/C20H20N2O3/c1-3-22(15(2)18-8-4-16(12-21)5-9-18)20(24)14-25-19-10-6-17(13-23)7-11-19/h4-11,13,15H,3,14H2,1-2H3. The van der Waals surface area contributed by atoms with E-state index in [9.17, 15) is 9.59 Å². The Morgan fingerprint density at radius 2 is 1.84 bits per heavy atom. The predicted octanol–water partition coefficient (Wildman–Crippen LogP) is 3.36. The molecule has 0 radical (unpaired) electrons. The number of nitrogens with zero attached hydrogens (tertiary/aromatic N) is 2. The lowest BCUT2D eigenvalue weighted by atomic mass is 10.0. The lowest BCUT2D eigenvalue weighted by molar-refractivity contribution is -0.135. The molecule has 0 aliphatic heterocycles. The molecule has 0 heterocycles. The maximum atomic E-state index is 12.5. The SMILES string of the molecule is CCN(C(=O)COc1ccc(C=O)cc1)C(C)c1ccc(C#N)cc1. The summed E-state index contributed by atoms with van der Waals surface area (Å²) in [4.78, 5) is 24.9. The molecule has 2 rings (SSSR count). The van der Waals surface area contributed by atoms with Gasteiger partial charge in [-0.05, 0) is 55.8 Å². The molecule has 5 heteroatoms. The highest BCUT2D eigenvalue weighted by atomic mass is 16.5. The Balaban J connectivity index is 2.01. The highest BCUT2D eigenvalue weighted by Crippen LogP contribution is 2.21. The van der Waals surface area contributed by atoms with Crippen molar-refractivity contribution in [3.8, 4) is 11.8 Å². The molecule has 5 nitrogen and oxygen atoms in total. The molecule has 0 saturated heterocycles. The average molecular weight is 336 g/mol. The molecular formula is C20H20N2O3. The third-order valence-corrected chi connectivity index (χ3v) is 4.03. The van der Waals surface area contributed by atoms with Gasteiger partial charge in [0.25, 0.3) is 5.91 Å². The molecule has 0 spiro atoms. The van der Waals surface area contributed by atoms with Gasteiger partial charge in [0, 0.05) is 12.1 Å². The Hall–Kier alpha value is -3.13. The number of hydrogen-bond donors (Lipinski definition) is 0. The van der Waals surface area contributed by atoms with Gasteiger partial charge in [-0.25, -0.2) is 0 Å². The van der Waals surface area contributed by atoms with Crippen LogP contribution in [0.3, 0.4) is 0 Å². The molecule has 1 amide bonds. The van der Waals surface area contributed by atoms with E-state index in [1.165, 1.54) is 0 Å². The molecule has 0 bridgehead atoms. The molecule has 0 saturated carbocycles. The van der Waals surface area contributed by atoms with E-state index >= 15 is 0 Å². The van der Waals surface area contributed by atoms with Crippen LogP contribution in [0.25, 0.3) is 0 Å². The summed E-state index contributed by atoms with van der Waals surface area (Å²) >= 11 is 0. The number of rotatable bonds is 7. The first-order valence-corrected chi connectivity index (χ1v) is 8.06. The van der Waals surface area contributed by atoms with Gasteiger partial charge in [-0.1, -0.05) is 12.1 Å². The lowest BCUT2D eigenvalue weighted by Gasteiger charge is -2.28. The van der Waals surface area contributed by atoms with Crippen molar-refractivity contribution in [1.82, 2.24) is 4.90 Å². The summed E-state index contributed by atoms with van der Waals surface area (Å²) in [6, 6.07) is 15.8. The van der Waals surface area contributed by atoms with Gasteiger partial charge in [0.15, 0.2) is 6.61 Å². The average Bonchev–Trinajstić information content (AvgIpc) is 2.67. The Morgan fingerprint density at radius 1 is 1.20 bits per heavy atom. The van der Waals surface area contributed by atoms with Gasteiger partial charge in [-0.3, -0.25) is 9.59 Å². The van der Waals surface area contributed by atoms with Crippen LogP contribution in [0.4, 0.5) is 0 Å². The van der Waals surface area contributed by atoms with Crippen molar-refractivity contribution < 1.29 is 14.3 Å². The first-order valence-electron chi connectivity index (χ1n) is 8.06. The van der Waals surface area contributed by atoms with Crippen LogP contribution in [0.5, 0.6) is 5.75 Å². The molecule has 128 valence electrons. The summed E-state index contributed by atoms with van der Waals surface area (Å²) in [5, 5.41) is 8.87. The first kappa shape index (κ1) is 18.2. The third-order valence-electron chi connectivity index (χ3n) is 4.03. The molecular weight excluding hydrogens is 316 g/mol. The fourth-order valence-corrected chi connectivity index (χ4v) is 2.55. The van der Waals surface area contributed by atoms with E-state index in [1.807, 2.05) is 26.0 Å². The number of amides is 1. The van der Waals surface area contributed by atoms with Gasteiger partial charge in [0.1, 0.15) is 12.0 Å². The van der Waals surface area contributed by atoms with Crippen LogP contribution in [0.15, 0.2) is 48.5 Å². The minimum atomic E-state index is -0.126. The molecule has 2 aromatic rings. The summed E-state index contributed by atoms with van der Waals surface area (Å²) in [7, 11) is 0. The number of nitriles is 1. The van der Waals surface area contributed by atoms with E-state index < -0.39 is 0 Å². The van der Waals surface area contributed by atoms with Crippen molar-refractivity contribution in [2.24, 2.45) is 0 Å². The van der Waals surface area contributed by atoms with Crippen molar-refractivity contribution in [2.45, 2.75) is 19.9 Å². The van der Waals surface area contributed by atoms with E-state index in [-0.39, 0.29) is 18.6 Å². The number of benzene rings is 2. The molecule has 2 aromatic carbocycles. The topological polar surface area (TPSA) is 70.4 Å². The summed E-state index contributed by atoms with van der Waals surface area (Å²) in [6.07, 6.45) is 0.757. The van der Waals surface area contributed by atoms with Crippen molar-refractivity contribution >= 4 is 12.2 Å². The zero-order chi connectivity index (χ0) is 18.2. The Bertz CT molecular complexity index is 761.